The van der Waals surface area contributed by atoms with Crippen molar-refractivity contribution in [3.63, 3.8) is 0 Å². The van der Waals surface area contributed by atoms with Gasteiger partial charge >= 0.3 is 0 Å². The zero-order chi connectivity index (χ0) is 21.1. The Hall–Kier alpha value is -3.84. The summed E-state index contributed by atoms with van der Waals surface area (Å²) in [5.41, 5.74) is 3.96. The Bertz CT molecular complexity index is 1220. The normalized spacial score (nSPS) is 10.6. The monoisotopic (exact) mass is 415 g/mol. The van der Waals surface area contributed by atoms with Gasteiger partial charge in [-0.05, 0) is 18.6 Å². The molecule has 7 heteroatoms. The lowest BCUT2D eigenvalue weighted by Crippen LogP contribution is -2.11. The Kier molecular flexibility index (Phi) is 5.36. The molecule has 0 aliphatic carbocycles. The molecule has 3 aromatic carbocycles. The van der Waals surface area contributed by atoms with Crippen molar-refractivity contribution >= 4 is 28.1 Å². The number of hydrogen-bond acceptors (Lipinski definition) is 5. The predicted octanol–water partition coefficient (Wildman–Crippen LogP) is 5.95. The molecule has 0 fully saturated rings. The topological polar surface area (TPSA) is 85.1 Å². The fourth-order valence-corrected chi connectivity index (χ4v) is 3.98. The molecule has 0 aliphatic heterocycles. The second-order valence-electron chi connectivity index (χ2n) is 6.69. The number of amides is 1. The molecule has 0 aliphatic rings. The molecule has 0 atom stereocenters. The SMILES string of the molecule is Cc1ccc(-c2sc(NC(=O)c3cccc([N+](=O)[O-])c3)nc2-c2ccccc2)cc1. The number of nitro benzene ring substituents is 1. The smallest absolute Gasteiger partial charge is 0.270 e. The molecule has 6 nitrogen and oxygen atoms in total. The third-order valence-electron chi connectivity index (χ3n) is 4.53. The largest absolute Gasteiger partial charge is 0.298 e. The van der Waals surface area contributed by atoms with Crippen molar-refractivity contribution in [1.82, 2.24) is 4.98 Å². The summed E-state index contributed by atoms with van der Waals surface area (Å²) >= 11 is 1.37. The van der Waals surface area contributed by atoms with Crippen LogP contribution in [0.4, 0.5) is 10.8 Å². The quantitative estimate of drug-likeness (QED) is 0.323. The van der Waals surface area contributed by atoms with E-state index in [2.05, 4.69) is 10.3 Å². The highest BCUT2D eigenvalue weighted by atomic mass is 32.1. The Morgan fingerprint density at radius 1 is 0.967 bits per heavy atom. The maximum absolute atomic E-state index is 12.7. The van der Waals surface area contributed by atoms with Crippen LogP contribution in [0.1, 0.15) is 15.9 Å². The van der Waals surface area contributed by atoms with Gasteiger partial charge in [-0.2, -0.15) is 0 Å². The highest BCUT2D eigenvalue weighted by Gasteiger charge is 2.18. The van der Waals surface area contributed by atoms with Crippen molar-refractivity contribution in [1.29, 1.82) is 0 Å². The fraction of sp³-hybridized carbons (Fsp3) is 0.0435. The van der Waals surface area contributed by atoms with E-state index in [0.717, 1.165) is 27.3 Å². The molecule has 0 spiro atoms. The fourth-order valence-electron chi connectivity index (χ4n) is 3.00. The van der Waals surface area contributed by atoms with Gasteiger partial charge in [0.2, 0.25) is 0 Å². The van der Waals surface area contributed by atoms with Crippen LogP contribution in [-0.2, 0) is 0 Å². The molecule has 1 N–H and O–H groups in total. The van der Waals surface area contributed by atoms with Crippen LogP contribution in [-0.4, -0.2) is 15.8 Å². The number of anilines is 1. The summed E-state index contributed by atoms with van der Waals surface area (Å²) in [5, 5.41) is 14.2. The predicted molar refractivity (Wildman–Crippen MR) is 119 cm³/mol. The van der Waals surface area contributed by atoms with Gasteiger partial charge in [-0.15, -0.1) is 0 Å². The van der Waals surface area contributed by atoms with Gasteiger partial charge in [-0.1, -0.05) is 77.6 Å². The number of benzene rings is 3. The molecule has 4 aromatic rings. The van der Waals surface area contributed by atoms with Gasteiger partial charge in [0, 0.05) is 23.3 Å². The minimum absolute atomic E-state index is 0.132. The van der Waals surface area contributed by atoms with E-state index < -0.39 is 10.8 Å². The maximum Gasteiger partial charge on any atom is 0.270 e. The molecule has 30 heavy (non-hydrogen) atoms. The first kappa shape index (κ1) is 19.5. The standard InChI is InChI=1S/C23H17N3O3S/c1-15-10-12-17(13-11-15)21-20(16-6-3-2-4-7-16)24-23(30-21)25-22(27)18-8-5-9-19(14-18)26(28)29/h2-14H,1H3,(H,24,25,27). The van der Waals surface area contributed by atoms with Gasteiger partial charge in [0.1, 0.15) is 0 Å². The molecule has 0 bridgehead atoms. The van der Waals surface area contributed by atoms with Gasteiger partial charge in [0.15, 0.2) is 5.13 Å². The number of nitro groups is 1. The third-order valence-corrected chi connectivity index (χ3v) is 5.55. The molecule has 4 rings (SSSR count). The Balaban J connectivity index is 1.71. The van der Waals surface area contributed by atoms with Gasteiger partial charge in [-0.25, -0.2) is 4.98 Å². The van der Waals surface area contributed by atoms with E-state index >= 15 is 0 Å². The summed E-state index contributed by atoms with van der Waals surface area (Å²) in [4.78, 5) is 28.7. The summed E-state index contributed by atoms with van der Waals surface area (Å²) in [5.74, 6) is -0.442. The van der Waals surface area contributed by atoms with Gasteiger partial charge in [-0.3, -0.25) is 20.2 Å². The first-order valence-electron chi connectivity index (χ1n) is 9.20. The molecule has 1 aromatic heterocycles. The number of aromatic nitrogens is 1. The Labute approximate surface area is 177 Å². The number of hydrogen-bond donors (Lipinski definition) is 1. The molecule has 0 saturated heterocycles. The molecule has 0 radical (unpaired) electrons. The second kappa shape index (κ2) is 8.26. The van der Waals surface area contributed by atoms with Crippen molar-refractivity contribution in [3.05, 3.63) is 100 Å². The Morgan fingerprint density at radius 3 is 2.40 bits per heavy atom. The highest BCUT2D eigenvalue weighted by molar-refractivity contribution is 7.19. The van der Waals surface area contributed by atoms with Crippen LogP contribution >= 0.6 is 11.3 Å². The second-order valence-corrected chi connectivity index (χ2v) is 7.69. The number of carbonyl (C=O) groups is 1. The first-order chi connectivity index (χ1) is 14.5. The molecular formula is C23H17N3O3S. The molecule has 148 valence electrons. The number of non-ortho nitro benzene ring substituents is 1. The summed E-state index contributed by atoms with van der Waals surface area (Å²) < 4.78 is 0. The lowest BCUT2D eigenvalue weighted by atomic mass is 10.1. The zero-order valence-electron chi connectivity index (χ0n) is 16.0. The average Bonchev–Trinajstić information content (AvgIpc) is 3.18. The van der Waals surface area contributed by atoms with Crippen LogP contribution in [0.2, 0.25) is 0 Å². The van der Waals surface area contributed by atoms with E-state index in [0.29, 0.717) is 5.13 Å². The lowest BCUT2D eigenvalue weighted by molar-refractivity contribution is -0.384. The third kappa shape index (κ3) is 4.11. The number of aryl methyl sites for hydroxylation is 1. The molecule has 0 saturated carbocycles. The number of thiazole rings is 1. The van der Waals surface area contributed by atoms with Crippen molar-refractivity contribution < 1.29 is 9.72 Å². The van der Waals surface area contributed by atoms with E-state index in [4.69, 9.17) is 0 Å². The number of nitrogens with zero attached hydrogens (tertiary/aromatic N) is 2. The maximum atomic E-state index is 12.7. The number of carbonyl (C=O) groups excluding carboxylic acids is 1. The van der Waals surface area contributed by atoms with E-state index in [1.165, 1.54) is 35.6 Å². The highest BCUT2D eigenvalue weighted by Crippen LogP contribution is 2.39. The minimum atomic E-state index is -0.525. The summed E-state index contributed by atoms with van der Waals surface area (Å²) in [6, 6.07) is 23.5. The van der Waals surface area contributed by atoms with Crippen molar-refractivity contribution in [2.24, 2.45) is 0 Å². The summed E-state index contributed by atoms with van der Waals surface area (Å²) in [7, 11) is 0. The molecule has 0 unspecified atom stereocenters. The lowest BCUT2D eigenvalue weighted by Gasteiger charge is -2.03. The first-order valence-corrected chi connectivity index (χ1v) is 10.0. The zero-order valence-corrected chi connectivity index (χ0v) is 16.8. The van der Waals surface area contributed by atoms with E-state index in [9.17, 15) is 14.9 Å². The summed E-state index contributed by atoms with van der Waals surface area (Å²) in [6.45, 7) is 2.03. The van der Waals surface area contributed by atoms with Gasteiger partial charge in [0.05, 0.1) is 15.5 Å². The summed E-state index contributed by atoms with van der Waals surface area (Å²) in [6.07, 6.45) is 0. The van der Waals surface area contributed by atoms with Crippen molar-refractivity contribution in [3.8, 4) is 21.7 Å². The van der Waals surface area contributed by atoms with Crippen molar-refractivity contribution in [2.45, 2.75) is 6.92 Å². The van der Waals surface area contributed by atoms with Crippen LogP contribution in [0.5, 0.6) is 0 Å². The van der Waals surface area contributed by atoms with Crippen LogP contribution < -0.4 is 5.32 Å². The van der Waals surface area contributed by atoms with E-state index in [1.807, 2.05) is 61.5 Å². The molecule has 1 heterocycles. The van der Waals surface area contributed by atoms with Crippen LogP contribution in [0.25, 0.3) is 21.7 Å². The van der Waals surface area contributed by atoms with E-state index in [-0.39, 0.29) is 11.3 Å². The molecule has 1 amide bonds. The van der Waals surface area contributed by atoms with Crippen LogP contribution in [0, 0.1) is 17.0 Å². The average molecular weight is 415 g/mol. The van der Waals surface area contributed by atoms with Crippen molar-refractivity contribution in [2.75, 3.05) is 5.32 Å². The van der Waals surface area contributed by atoms with E-state index in [1.54, 1.807) is 0 Å². The minimum Gasteiger partial charge on any atom is -0.298 e. The van der Waals surface area contributed by atoms with Crippen LogP contribution in [0.3, 0.4) is 0 Å². The molecular weight excluding hydrogens is 398 g/mol. The number of rotatable bonds is 5. The van der Waals surface area contributed by atoms with Crippen LogP contribution in [0.15, 0.2) is 78.9 Å². The number of nitrogens with one attached hydrogen (secondary N) is 1. The Morgan fingerprint density at radius 2 is 1.70 bits per heavy atom. The van der Waals surface area contributed by atoms with Gasteiger partial charge < -0.3 is 0 Å². The van der Waals surface area contributed by atoms with Gasteiger partial charge in [0.25, 0.3) is 11.6 Å².